The number of hydrogen-bond acceptors (Lipinski definition) is 6. The van der Waals surface area contributed by atoms with E-state index in [0.717, 1.165) is 0 Å². The Morgan fingerprint density at radius 1 is 1.31 bits per heavy atom. The third kappa shape index (κ3) is 3.36. The molecule has 1 aliphatic rings. The van der Waals surface area contributed by atoms with E-state index in [9.17, 15) is 18.0 Å². The Balaban J connectivity index is 1.60. The average molecular weight is 406 g/mol. The maximum absolute atomic E-state index is 14.1. The maximum atomic E-state index is 14.1. The molecule has 1 unspecified atom stereocenters. The molecular weight excluding hydrogens is 389 g/mol. The normalized spacial score (nSPS) is 19.7. The molecule has 0 aromatic carbocycles. The predicted octanol–water partition coefficient (Wildman–Crippen LogP) is 2.14. The summed E-state index contributed by atoms with van der Waals surface area (Å²) in [7, 11) is 1.72. The third-order valence-electron chi connectivity index (χ3n) is 5.17. The molecule has 8 nitrogen and oxygen atoms in total. The SMILES string of the molecule is Cn1cncc1CC(=O)N1CCC(c2nc(-c3cccnc3)no2)(C(F)(F)F)C1. The summed E-state index contributed by atoms with van der Waals surface area (Å²) in [6.45, 7) is -0.622. The molecular formula is C18H17F3N6O2. The lowest BCUT2D eigenvalue weighted by atomic mass is 9.86. The number of likely N-dealkylation sites (tertiary alicyclic amines) is 1. The van der Waals surface area contributed by atoms with E-state index in [4.69, 9.17) is 4.52 Å². The number of hydrogen-bond donors (Lipinski definition) is 0. The van der Waals surface area contributed by atoms with Gasteiger partial charge in [0.2, 0.25) is 17.6 Å². The molecule has 11 heteroatoms. The molecule has 0 aliphatic carbocycles. The van der Waals surface area contributed by atoms with Crippen molar-refractivity contribution in [3.63, 3.8) is 0 Å². The van der Waals surface area contributed by atoms with Crippen LogP contribution in [0.25, 0.3) is 11.4 Å². The number of carbonyl (C=O) groups is 1. The zero-order valence-electron chi connectivity index (χ0n) is 15.4. The van der Waals surface area contributed by atoms with E-state index in [-0.39, 0.29) is 25.2 Å². The third-order valence-corrected chi connectivity index (χ3v) is 5.17. The van der Waals surface area contributed by atoms with Gasteiger partial charge in [-0.1, -0.05) is 5.16 Å². The Labute approximate surface area is 163 Å². The molecule has 1 aliphatic heterocycles. The van der Waals surface area contributed by atoms with Gasteiger partial charge in [0.25, 0.3) is 0 Å². The van der Waals surface area contributed by atoms with Gasteiger partial charge < -0.3 is 14.0 Å². The highest BCUT2D eigenvalue weighted by Crippen LogP contribution is 2.47. The fraction of sp³-hybridized carbons (Fsp3) is 0.389. The Kier molecular flexibility index (Phi) is 4.59. The highest BCUT2D eigenvalue weighted by molar-refractivity contribution is 5.79. The van der Waals surface area contributed by atoms with Crippen molar-refractivity contribution in [1.29, 1.82) is 0 Å². The van der Waals surface area contributed by atoms with Gasteiger partial charge in [0, 0.05) is 50.0 Å². The minimum atomic E-state index is -4.66. The summed E-state index contributed by atoms with van der Waals surface area (Å²) >= 11 is 0. The Hall–Kier alpha value is -3.24. The van der Waals surface area contributed by atoms with Crippen LogP contribution < -0.4 is 0 Å². The number of halogens is 3. The number of aromatic nitrogens is 5. The largest absolute Gasteiger partial charge is 0.405 e. The summed E-state index contributed by atoms with van der Waals surface area (Å²) in [5, 5.41) is 3.69. The molecule has 0 radical (unpaired) electrons. The lowest BCUT2D eigenvalue weighted by Gasteiger charge is -2.28. The van der Waals surface area contributed by atoms with E-state index in [2.05, 4.69) is 20.1 Å². The average Bonchev–Trinajstić information content (AvgIpc) is 3.42. The summed E-state index contributed by atoms with van der Waals surface area (Å²) in [4.78, 5) is 25.6. The van der Waals surface area contributed by atoms with Crippen molar-refractivity contribution in [2.24, 2.45) is 7.05 Å². The highest BCUT2D eigenvalue weighted by Gasteiger charge is 2.63. The lowest BCUT2D eigenvalue weighted by Crippen LogP contribution is -2.46. The van der Waals surface area contributed by atoms with E-state index < -0.39 is 29.9 Å². The molecule has 1 fully saturated rings. The molecule has 4 heterocycles. The van der Waals surface area contributed by atoms with E-state index in [1.807, 2.05) is 0 Å². The second-order valence-electron chi connectivity index (χ2n) is 6.98. The zero-order chi connectivity index (χ0) is 20.6. The van der Waals surface area contributed by atoms with Crippen LogP contribution in [0.15, 0.2) is 41.6 Å². The first-order valence-electron chi connectivity index (χ1n) is 8.84. The first-order chi connectivity index (χ1) is 13.8. The molecule has 0 saturated carbocycles. The van der Waals surface area contributed by atoms with Crippen molar-refractivity contribution in [3.05, 3.63) is 48.6 Å². The molecule has 1 saturated heterocycles. The quantitative estimate of drug-likeness (QED) is 0.660. The second kappa shape index (κ2) is 6.98. The van der Waals surface area contributed by atoms with Crippen LogP contribution in [0, 0.1) is 0 Å². The number of rotatable bonds is 4. The zero-order valence-corrected chi connectivity index (χ0v) is 15.4. The summed E-state index contributed by atoms with van der Waals surface area (Å²) in [6.07, 6.45) is 0.983. The van der Waals surface area contributed by atoms with E-state index in [1.54, 1.807) is 23.7 Å². The number of amides is 1. The lowest BCUT2D eigenvalue weighted by molar-refractivity contribution is -0.193. The van der Waals surface area contributed by atoms with Crippen LogP contribution in [-0.2, 0) is 23.7 Å². The van der Waals surface area contributed by atoms with Crippen molar-refractivity contribution >= 4 is 5.91 Å². The smallest absolute Gasteiger partial charge is 0.341 e. The molecule has 3 aromatic heterocycles. The van der Waals surface area contributed by atoms with Gasteiger partial charge in [0.1, 0.15) is 0 Å². The van der Waals surface area contributed by atoms with Crippen LogP contribution in [0.5, 0.6) is 0 Å². The standard InChI is InChI=1S/C18H17F3N6O2/c1-26-11-23-9-13(26)7-14(28)27-6-4-17(10-27,18(19,20)21)16-24-15(25-29-16)12-3-2-5-22-8-12/h2-3,5,8-9,11H,4,6-7,10H2,1H3. The van der Waals surface area contributed by atoms with Crippen LogP contribution in [0.3, 0.4) is 0 Å². The second-order valence-corrected chi connectivity index (χ2v) is 6.98. The number of pyridine rings is 1. The van der Waals surface area contributed by atoms with Crippen LogP contribution in [0.2, 0.25) is 0 Å². The van der Waals surface area contributed by atoms with E-state index in [1.165, 1.54) is 29.8 Å². The summed E-state index contributed by atoms with van der Waals surface area (Å²) < 4.78 is 49.0. The van der Waals surface area contributed by atoms with Crippen molar-refractivity contribution in [2.45, 2.75) is 24.4 Å². The van der Waals surface area contributed by atoms with Crippen LogP contribution in [-0.4, -0.2) is 54.7 Å². The summed E-state index contributed by atoms with van der Waals surface area (Å²) in [5.41, 5.74) is -1.33. The van der Waals surface area contributed by atoms with Crippen LogP contribution in [0.1, 0.15) is 18.0 Å². The molecule has 0 bridgehead atoms. The molecule has 3 aromatic rings. The number of imidazole rings is 1. The van der Waals surface area contributed by atoms with Crippen molar-refractivity contribution in [3.8, 4) is 11.4 Å². The minimum absolute atomic E-state index is 0.0244. The van der Waals surface area contributed by atoms with Gasteiger partial charge in [-0.15, -0.1) is 0 Å². The predicted molar refractivity (Wildman–Crippen MR) is 93.4 cm³/mol. The Morgan fingerprint density at radius 3 is 2.79 bits per heavy atom. The van der Waals surface area contributed by atoms with Gasteiger partial charge in [-0.05, 0) is 18.6 Å². The molecule has 0 N–H and O–H groups in total. The van der Waals surface area contributed by atoms with E-state index >= 15 is 0 Å². The monoisotopic (exact) mass is 406 g/mol. The first-order valence-corrected chi connectivity index (χ1v) is 8.84. The molecule has 1 atom stereocenters. The van der Waals surface area contributed by atoms with Crippen molar-refractivity contribution < 1.29 is 22.5 Å². The van der Waals surface area contributed by atoms with E-state index in [0.29, 0.717) is 11.3 Å². The Bertz CT molecular complexity index is 1020. The maximum Gasteiger partial charge on any atom is 0.405 e. The van der Waals surface area contributed by atoms with Crippen molar-refractivity contribution in [2.75, 3.05) is 13.1 Å². The number of carbonyl (C=O) groups excluding carboxylic acids is 1. The first kappa shape index (κ1) is 19.1. The fourth-order valence-corrected chi connectivity index (χ4v) is 3.40. The van der Waals surface area contributed by atoms with Crippen molar-refractivity contribution in [1.82, 2.24) is 29.6 Å². The van der Waals surface area contributed by atoms with Gasteiger partial charge in [-0.25, -0.2) is 4.98 Å². The molecule has 29 heavy (non-hydrogen) atoms. The topological polar surface area (TPSA) is 89.9 Å². The van der Waals surface area contributed by atoms with Crippen LogP contribution >= 0.6 is 0 Å². The summed E-state index contributed by atoms with van der Waals surface area (Å²) in [6, 6.07) is 3.25. The number of nitrogens with zero attached hydrogens (tertiary/aromatic N) is 6. The fourth-order valence-electron chi connectivity index (χ4n) is 3.40. The summed E-state index contributed by atoms with van der Waals surface area (Å²) in [5.74, 6) is -0.928. The minimum Gasteiger partial charge on any atom is -0.341 e. The van der Waals surface area contributed by atoms with Gasteiger partial charge in [-0.3, -0.25) is 9.78 Å². The molecule has 1 amide bonds. The Morgan fingerprint density at radius 2 is 2.14 bits per heavy atom. The number of aryl methyl sites for hydroxylation is 1. The molecule has 4 rings (SSSR count). The van der Waals surface area contributed by atoms with Crippen LogP contribution in [0.4, 0.5) is 13.2 Å². The number of alkyl halides is 3. The van der Waals surface area contributed by atoms with Gasteiger partial charge in [0.15, 0.2) is 5.41 Å². The van der Waals surface area contributed by atoms with Gasteiger partial charge >= 0.3 is 6.18 Å². The highest BCUT2D eigenvalue weighted by atomic mass is 19.4. The molecule has 152 valence electrons. The van der Waals surface area contributed by atoms with Gasteiger partial charge in [0.05, 0.1) is 12.7 Å². The van der Waals surface area contributed by atoms with Gasteiger partial charge in [-0.2, -0.15) is 18.2 Å². The molecule has 0 spiro atoms.